The molecule has 0 amide bonds. The highest BCUT2D eigenvalue weighted by atomic mass is 32.1. The molecular formula is C21H27N5OS. The molecule has 6 nitrogen and oxygen atoms in total. The molecule has 0 unspecified atom stereocenters. The quantitative estimate of drug-likeness (QED) is 0.507. The van der Waals surface area contributed by atoms with Gasteiger partial charge in [0.25, 0.3) is 0 Å². The Kier molecular flexibility index (Phi) is 5.81. The van der Waals surface area contributed by atoms with E-state index >= 15 is 0 Å². The third-order valence-electron chi connectivity index (χ3n) is 5.02. The van der Waals surface area contributed by atoms with Gasteiger partial charge >= 0.3 is 0 Å². The molecule has 148 valence electrons. The number of aromatic nitrogens is 1. The van der Waals surface area contributed by atoms with Gasteiger partial charge in [-0.2, -0.15) is 0 Å². The van der Waals surface area contributed by atoms with E-state index in [0.717, 1.165) is 54.4 Å². The van der Waals surface area contributed by atoms with Crippen molar-refractivity contribution in [2.24, 2.45) is 4.99 Å². The fraction of sp³-hybridized carbons (Fsp3) is 0.429. The van der Waals surface area contributed by atoms with Gasteiger partial charge in [-0.15, -0.1) is 11.3 Å². The summed E-state index contributed by atoms with van der Waals surface area (Å²) in [5.41, 5.74) is 2.07. The Morgan fingerprint density at radius 2 is 2.14 bits per heavy atom. The summed E-state index contributed by atoms with van der Waals surface area (Å²) < 4.78 is 5.92. The molecule has 0 aliphatic carbocycles. The molecule has 1 aliphatic rings. The second-order valence-corrected chi connectivity index (χ2v) is 7.98. The summed E-state index contributed by atoms with van der Waals surface area (Å²) in [6, 6.07) is 10.2. The van der Waals surface area contributed by atoms with Gasteiger partial charge in [-0.25, -0.2) is 4.98 Å². The van der Waals surface area contributed by atoms with E-state index in [4.69, 9.17) is 9.40 Å². The van der Waals surface area contributed by atoms with E-state index < -0.39 is 0 Å². The van der Waals surface area contributed by atoms with E-state index in [-0.39, 0.29) is 0 Å². The standard InChI is InChI=1S/C21H27N5OS/c1-22-20(25(2)14-18-13-16-7-3-4-8-19(16)27-18)23-10-9-17-15-28-21(24-17)26-11-5-6-12-26/h3-4,7-8,13,15H,5-6,9-12,14H2,1-2H3,(H,22,23). The summed E-state index contributed by atoms with van der Waals surface area (Å²) in [6.45, 7) is 3.76. The molecule has 0 radical (unpaired) electrons. The minimum absolute atomic E-state index is 0.671. The molecule has 0 bridgehead atoms. The summed E-state index contributed by atoms with van der Waals surface area (Å²) in [4.78, 5) is 13.7. The Balaban J connectivity index is 1.29. The Hall–Kier alpha value is -2.54. The van der Waals surface area contributed by atoms with Crippen LogP contribution in [0.4, 0.5) is 5.13 Å². The average Bonchev–Trinajstić information content (AvgIpc) is 3.44. The molecule has 0 saturated carbocycles. The largest absolute Gasteiger partial charge is 0.459 e. The minimum Gasteiger partial charge on any atom is -0.459 e. The van der Waals surface area contributed by atoms with Crippen LogP contribution in [0.3, 0.4) is 0 Å². The van der Waals surface area contributed by atoms with Crippen molar-refractivity contribution in [2.45, 2.75) is 25.8 Å². The number of para-hydroxylation sites is 1. The number of fused-ring (bicyclic) bond motifs is 1. The van der Waals surface area contributed by atoms with Crippen molar-refractivity contribution in [3.8, 4) is 0 Å². The van der Waals surface area contributed by atoms with Crippen molar-refractivity contribution in [3.63, 3.8) is 0 Å². The van der Waals surface area contributed by atoms with Crippen LogP contribution >= 0.6 is 11.3 Å². The molecular weight excluding hydrogens is 370 g/mol. The highest BCUT2D eigenvalue weighted by molar-refractivity contribution is 7.13. The number of nitrogens with one attached hydrogen (secondary N) is 1. The monoisotopic (exact) mass is 397 g/mol. The van der Waals surface area contributed by atoms with Crippen LogP contribution in [0, 0.1) is 0 Å². The number of nitrogens with zero attached hydrogens (tertiary/aromatic N) is 4. The maximum absolute atomic E-state index is 5.92. The molecule has 4 rings (SSSR count). The second kappa shape index (κ2) is 8.65. The van der Waals surface area contributed by atoms with Crippen molar-refractivity contribution in [1.29, 1.82) is 0 Å². The molecule has 1 aliphatic heterocycles. The average molecular weight is 398 g/mol. The highest BCUT2D eigenvalue weighted by Gasteiger charge is 2.16. The third kappa shape index (κ3) is 4.30. The molecule has 1 fully saturated rings. The van der Waals surface area contributed by atoms with Crippen LogP contribution in [0.5, 0.6) is 0 Å². The van der Waals surface area contributed by atoms with E-state index in [0.29, 0.717) is 6.54 Å². The van der Waals surface area contributed by atoms with Crippen LogP contribution in [0.2, 0.25) is 0 Å². The first-order valence-corrected chi connectivity index (χ1v) is 10.7. The Labute approximate surface area is 169 Å². The Bertz CT molecular complexity index is 908. The van der Waals surface area contributed by atoms with E-state index in [1.807, 2.05) is 32.3 Å². The Morgan fingerprint density at radius 1 is 1.32 bits per heavy atom. The van der Waals surface area contributed by atoms with Gasteiger partial charge in [0.1, 0.15) is 11.3 Å². The summed E-state index contributed by atoms with van der Waals surface area (Å²) in [6.07, 6.45) is 3.45. The van der Waals surface area contributed by atoms with E-state index in [1.54, 1.807) is 11.3 Å². The predicted molar refractivity (Wildman–Crippen MR) is 116 cm³/mol. The zero-order valence-electron chi connectivity index (χ0n) is 16.5. The van der Waals surface area contributed by atoms with Gasteiger partial charge in [0, 0.05) is 50.9 Å². The normalized spacial score (nSPS) is 14.8. The fourth-order valence-electron chi connectivity index (χ4n) is 3.58. The number of guanidine groups is 1. The minimum atomic E-state index is 0.671. The first kappa shape index (κ1) is 18.8. The maximum atomic E-state index is 5.92. The van der Waals surface area contributed by atoms with Crippen LogP contribution in [-0.2, 0) is 13.0 Å². The lowest BCUT2D eigenvalue weighted by atomic mass is 10.2. The number of anilines is 1. The van der Waals surface area contributed by atoms with Crippen LogP contribution in [-0.4, -0.2) is 49.6 Å². The topological polar surface area (TPSA) is 56.9 Å². The second-order valence-electron chi connectivity index (χ2n) is 7.15. The molecule has 2 aromatic heterocycles. The van der Waals surface area contributed by atoms with Crippen LogP contribution in [0.25, 0.3) is 11.0 Å². The number of hydrogen-bond donors (Lipinski definition) is 1. The van der Waals surface area contributed by atoms with Gasteiger partial charge in [0.2, 0.25) is 0 Å². The van der Waals surface area contributed by atoms with Crippen molar-refractivity contribution >= 4 is 33.4 Å². The summed E-state index contributed by atoms with van der Waals surface area (Å²) in [5, 5.41) is 7.91. The molecule has 1 N–H and O–H groups in total. The highest BCUT2D eigenvalue weighted by Crippen LogP contribution is 2.24. The van der Waals surface area contributed by atoms with Gasteiger partial charge in [-0.1, -0.05) is 18.2 Å². The smallest absolute Gasteiger partial charge is 0.193 e. The summed E-state index contributed by atoms with van der Waals surface area (Å²) in [5.74, 6) is 1.79. The zero-order valence-corrected chi connectivity index (χ0v) is 17.3. The predicted octanol–water partition coefficient (Wildman–Crippen LogP) is 3.74. The van der Waals surface area contributed by atoms with Crippen LogP contribution in [0.1, 0.15) is 24.3 Å². The van der Waals surface area contributed by atoms with Gasteiger partial charge in [-0.3, -0.25) is 4.99 Å². The lowest BCUT2D eigenvalue weighted by molar-refractivity contribution is 0.413. The number of benzene rings is 1. The van der Waals surface area contributed by atoms with Crippen LogP contribution in [0.15, 0.2) is 45.1 Å². The van der Waals surface area contributed by atoms with E-state index in [1.165, 1.54) is 18.0 Å². The SMILES string of the molecule is CN=C(NCCc1csc(N2CCCC2)n1)N(C)Cc1cc2ccccc2o1. The number of hydrogen-bond acceptors (Lipinski definition) is 5. The van der Waals surface area contributed by atoms with Crippen molar-refractivity contribution in [3.05, 3.63) is 47.2 Å². The third-order valence-corrected chi connectivity index (χ3v) is 5.97. The van der Waals surface area contributed by atoms with Gasteiger partial charge in [-0.05, 0) is 25.0 Å². The molecule has 1 saturated heterocycles. The molecule has 3 aromatic rings. The van der Waals surface area contributed by atoms with Crippen molar-refractivity contribution in [2.75, 3.05) is 38.6 Å². The molecule has 0 atom stereocenters. The molecule has 7 heteroatoms. The summed E-state index contributed by atoms with van der Waals surface area (Å²) >= 11 is 1.76. The molecule has 28 heavy (non-hydrogen) atoms. The Morgan fingerprint density at radius 3 is 2.93 bits per heavy atom. The lowest BCUT2D eigenvalue weighted by Crippen LogP contribution is -2.39. The first-order chi connectivity index (χ1) is 13.7. The van der Waals surface area contributed by atoms with Crippen molar-refractivity contribution in [1.82, 2.24) is 15.2 Å². The molecule has 0 spiro atoms. The molecule has 1 aromatic carbocycles. The number of furan rings is 1. The van der Waals surface area contributed by atoms with Crippen molar-refractivity contribution < 1.29 is 4.42 Å². The van der Waals surface area contributed by atoms with Gasteiger partial charge in [0.05, 0.1) is 12.2 Å². The number of thiazole rings is 1. The van der Waals surface area contributed by atoms with E-state index in [2.05, 4.69) is 37.6 Å². The fourth-order valence-corrected chi connectivity index (χ4v) is 4.49. The summed E-state index contributed by atoms with van der Waals surface area (Å²) in [7, 11) is 3.84. The molecule has 3 heterocycles. The number of rotatable bonds is 6. The maximum Gasteiger partial charge on any atom is 0.193 e. The zero-order chi connectivity index (χ0) is 19.3. The van der Waals surface area contributed by atoms with Gasteiger partial charge < -0.3 is 19.5 Å². The first-order valence-electron chi connectivity index (χ1n) is 9.81. The lowest BCUT2D eigenvalue weighted by Gasteiger charge is -2.20. The van der Waals surface area contributed by atoms with Crippen LogP contribution < -0.4 is 10.2 Å². The van der Waals surface area contributed by atoms with Gasteiger partial charge in [0.15, 0.2) is 11.1 Å². The number of aliphatic imine (C=N–C) groups is 1. The van der Waals surface area contributed by atoms with E-state index in [9.17, 15) is 0 Å².